The van der Waals surface area contributed by atoms with Gasteiger partial charge in [0.05, 0.1) is 0 Å². The summed E-state index contributed by atoms with van der Waals surface area (Å²) in [5, 5.41) is 7.71. The van der Waals surface area contributed by atoms with Gasteiger partial charge in [-0.2, -0.15) is 5.10 Å². The van der Waals surface area contributed by atoms with Crippen LogP contribution in [0.2, 0.25) is 0 Å². The molecule has 0 unspecified atom stereocenters. The molecular formula is C12H23N3. The Kier molecular flexibility index (Phi) is 5.22. The average molecular weight is 209 g/mol. The Morgan fingerprint density at radius 1 is 1.40 bits per heavy atom. The van der Waals surface area contributed by atoms with E-state index in [9.17, 15) is 0 Å². The molecule has 1 N–H and O–H groups in total. The molecule has 0 aliphatic rings. The predicted molar refractivity (Wildman–Crippen MR) is 65.1 cm³/mol. The zero-order valence-electron chi connectivity index (χ0n) is 10.2. The summed E-state index contributed by atoms with van der Waals surface area (Å²) in [6.07, 6.45) is 8.53. The number of hydrogen-bond donors (Lipinski definition) is 1. The van der Waals surface area contributed by atoms with E-state index in [1.807, 2.05) is 24.0 Å². The number of nitrogens with one attached hydrogen (secondary N) is 1. The van der Waals surface area contributed by atoms with Gasteiger partial charge in [0.2, 0.25) is 0 Å². The lowest BCUT2D eigenvalue weighted by Crippen LogP contribution is -2.15. The van der Waals surface area contributed by atoms with Crippen molar-refractivity contribution in [3.05, 3.63) is 12.3 Å². The summed E-state index contributed by atoms with van der Waals surface area (Å²) in [5.41, 5.74) is 0. The van der Waals surface area contributed by atoms with E-state index in [0.29, 0.717) is 6.04 Å². The van der Waals surface area contributed by atoms with E-state index in [0.717, 1.165) is 5.82 Å². The van der Waals surface area contributed by atoms with Crippen LogP contribution in [0.15, 0.2) is 12.3 Å². The molecule has 0 bridgehead atoms. The summed E-state index contributed by atoms with van der Waals surface area (Å²) < 4.78 is 1.83. The maximum Gasteiger partial charge on any atom is 0.148 e. The fourth-order valence-corrected chi connectivity index (χ4v) is 1.69. The molecule has 0 aliphatic carbocycles. The fourth-order valence-electron chi connectivity index (χ4n) is 1.69. The topological polar surface area (TPSA) is 29.9 Å². The number of unbranched alkanes of at least 4 members (excludes halogenated alkanes) is 3. The number of anilines is 1. The molecule has 1 atom stereocenters. The monoisotopic (exact) mass is 209 g/mol. The van der Waals surface area contributed by atoms with E-state index >= 15 is 0 Å². The molecule has 0 amide bonds. The van der Waals surface area contributed by atoms with Gasteiger partial charge in [0.25, 0.3) is 0 Å². The zero-order valence-corrected chi connectivity index (χ0v) is 10.2. The van der Waals surface area contributed by atoms with Gasteiger partial charge in [-0.1, -0.05) is 32.6 Å². The third-order valence-corrected chi connectivity index (χ3v) is 2.60. The Balaban J connectivity index is 2.15. The molecule has 0 saturated heterocycles. The third kappa shape index (κ3) is 4.86. The van der Waals surface area contributed by atoms with Gasteiger partial charge in [-0.15, -0.1) is 0 Å². The van der Waals surface area contributed by atoms with Crippen LogP contribution in [0.4, 0.5) is 5.82 Å². The van der Waals surface area contributed by atoms with Gasteiger partial charge < -0.3 is 5.32 Å². The van der Waals surface area contributed by atoms with E-state index in [4.69, 9.17) is 0 Å². The SMILES string of the molecule is CCCCCC[C@H](C)Nc1ccn(C)n1. The average Bonchev–Trinajstić information content (AvgIpc) is 2.59. The standard InChI is InChI=1S/C12H23N3/c1-4-5-6-7-8-11(2)13-12-9-10-15(3)14-12/h9-11H,4-8H2,1-3H3,(H,13,14)/t11-/m0/s1. The summed E-state index contributed by atoms with van der Waals surface area (Å²) in [6.45, 7) is 4.47. The summed E-state index contributed by atoms with van der Waals surface area (Å²) in [5.74, 6) is 0.987. The van der Waals surface area contributed by atoms with Crippen LogP contribution in [0.1, 0.15) is 46.0 Å². The Morgan fingerprint density at radius 3 is 2.80 bits per heavy atom. The molecular weight excluding hydrogens is 186 g/mol. The molecule has 1 heterocycles. The smallest absolute Gasteiger partial charge is 0.148 e. The summed E-state index contributed by atoms with van der Waals surface area (Å²) in [6, 6.07) is 2.54. The van der Waals surface area contributed by atoms with Crippen LogP contribution in [0.3, 0.4) is 0 Å². The highest BCUT2D eigenvalue weighted by Crippen LogP contribution is 2.10. The molecule has 0 aromatic carbocycles. The van der Waals surface area contributed by atoms with E-state index < -0.39 is 0 Å². The predicted octanol–water partition coefficient (Wildman–Crippen LogP) is 3.19. The van der Waals surface area contributed by atoms with Crippen molar-refractivity contribution in [1.82, 2.24) is 9.78 Å². The fraction of sp³-hybridized carbons (Fsp3) is 0.750. The van der Waals surface area contributed by atoms with E-state index in [1.165, 1.54) is 32.1 Å². The van der Waals surface area contributed by atoms with Crippen LogP contribution in [0, 0.1) is 0 Å². The largest absolute Gasteiger partial charge is 0.366 e. The summed E-state index contributed by atoms with van der Waals surface area (Å²) in [7, 11) is 1.94. The molecule has 3 nitrogen and oxygen atoms in total. The van der Waals surface area contributed by atoms with Crippen molar-refractivity contribution in [3.8, 4) is 0 Å². The summed E-state index contributed by atoms with van der Waals surface area (Å²) in [4.78, 5) is 0. The van der Waals surface area contributed by atoms with E-state index in [-0.39, 0.29) is 0 Å². The Morgan fingerprint density at radius 2 is 2.20 bits per heavy atom. The second kappa shape index (κ2) is 6.49. The van der Waals surface area contributed by atoms with Crippen LogP contribution in [-0.2, 0) is 7.05 Å². The van der Waals surface area contributed by atoms with Crippen LogP contribution in [0.25, 0.3) is 0 Å². The molecule has 0 radical (unpaired) electrons. The highest BCUT2D eigenvalue weighted by Gasteiger charge is 2.03. The molecule has 1 rings (SSSR count). The molecule has 15 heavy (non-hydrogen) atoms. The molecule has 3 heteroatoms. The minimum absolute atomic E-state index is 0.525. The summed E-state index contributed by atoms with van der Waals surface area (Å²) >= 11 is 0. The van der Waals surface area contributed by atoms with Crippen molar-refractivity contribution in [2.45, 2.75) is 52.0 Å². The molecule has 0 fully saturated rings. The van der Waals surface area contributed by atoms with Gasteiger partial charge >= 0.3 is 0 Å². The molecule has 0 saturated carbocycles. The van der Waals surface area contributed by atoms with Crippen molar-refractivity contribution in [1.29, 1.82) is 0 Å². The Labute approximate surface area is 92.9 Å². The van der Waals surface area contributed by atoms with Gasteiger partial charge in [-0.3, -0.25) is 4.68 Å². The molecule has 1 aromatic heterocycles. The quantitative estimate of drug-likeness (QED) is 0.699. The van der Waals surface area contributed by atoms with Gasteiger partial charge in [0.15, 0.2) is 0 Å². The van der Waals surface area contributed by atoms with Crippen LogP contribution in [0.5, 0.6) is 0 Å². The third-order valence-electron chi connectivity index (χ3n) is 2.60. The maximum atomic E-state index is 4.30. The van der Waals surface area contributed by atoms with E-state index in [1.54, 1.807) is 0 Å². The minimum Gasteiger partial charge on any atom is -0.366 e. The number of rotatable bonds is 7. The lowest BCUT2D eigenvalue weighted by molar-refractivity contribution is 0.592. The van der Waals surface area contributed by atoms with Crippen molar-refractivity contribution in [2.24, 2.45) is 7.05 Å². The minimum atomic E-state index is 0.525. The lowest BCUT2D eigenvalue weighted by Gasteiger charge is -2.12. The molecule has 86 valence electrons. The normalized spacial score (nSPS) is 12.7. The Bertz CT molecular complexity index is 268. The highest BCUT2D eigenvalue weighted by molar-refractivity contribution is 5.33. The maximum absolute atomic E-state index is 4.30. The highest BCUT2D eigenvalue weighted by atomic mass is 15.3. The van der Waals surface area contributed by atoms with Crippen LogP contribution in [-0.4, -0.2) is 15.8 Å². The van der Waals surface area contributed by atoms with E-state index in [2.05, 4.69) is 24.3 Å². The van der Waals surface area contributed by atoms with Crippen LogP contribution >= 0.6 is 0 Å². The van der Waals surface area contributed by atoms with Gasteiger partial charge in [0.1, 0.15) is 5.82 Å². The number of aryl methyl sites for hydroxylation is 1. The van der Waals surface area contributed by atoms with Crippen LogP contribution < -0.4 is 5.32 Å². The number of hydrogen-bond acceptors (Lipinski definition) is 2. The van der Waals surface area contributed by atoms with Crippen molar-refractivity contribution >= 4 is 5.82 Å². The van der Waals surface area contributed by atoms with Gasteiger partial charge in [-0.25, -0.2) is 0 Å². The molecule has 0 aliphatic heterocycles. The number of aromatic nitrogens is 2. The lowest BCUT2D eigenvalue weighted by atomic mass is 10.1. The first kappa shape index (κ1) is 12.1. The molecule has 0 spiro atoms. The zero-order chi connectivity index (χ0) is 11.1. The van der Waals surface area contributed by atoms with Crippen molar-refractivity contribution in [3.63, 3.8) is 0 Å². The second-order valence-electron chi connectivity index (χ2n) is 4.27. The first-order chi connectivity index (χ1) is 7.22. The Hall–Kier alpha value is -0.990. The second-order valence-corrected chi connectivity index (χ2v) is 4.27. The first-order valence-electron chi connectivity index (χ1n) is 5.98. The molecule has 1 aromatic rings. The van der Waals surface area contributed by atoms with Gasteiger partial charge in [-0.05, 0) is 13.3 Å². The van der Waals surface area contributed by atoms with Crippen molar-refractivity contribution < 1.29 is 0 Å². The number of nitrogens with zero attached hydrogens (tertiary/aromatic N) is 2. The van der Waals surface area contributed by atoms with Crippen molar-refractivity contribution in [2.75, 3.05) is 5.32 Å². The first-order valence-corrected chi connectivity index (χ1v) is 5.98. The van der Waals surface area contributed by atoms with Gasteiger partial charge in [0, 0.05) is 25.4 Å².